The summed E-state index contributed by atoms with van der Waals surface area (Å²) in [6.07, 6.45) is 0.907. The standard InChI is InChI=1S/C15H21FN2O2.ClH/c1-9(17)6-14(19)18-12-8-15(2,3)20-13-7-10(16)4-5-11(12)13;/h4-5,7,9,12H,6,8,17H2,1-3H3,(H,18,19);1H. The first-order valence-electron chi connectivity index (χ1n) is 6.80. The van der Waals surface area contributed by atoms with Gasteiger partial charge in [0.1, 0.15) is 17.2 Å². The first-order valence-corrected chi connectivity index (χ1v) is 6.80. The van der Waals surface area contributed by atoms with Crippen LogP contribution in [0.25, 0.3) is 0 Å². The largest absolute Gasteiger partial charge is 0.487 e. The molecule has 1 aromatic carbocycles. The normalized spacial score (nSPS) is 20.5. The quantitative estimate of drug-likeness (QED) is 0.901. The monoisotopic (exact) mass is 316 g/mol. The number of carbonyl (C=O) groups is 1. The molecule has 1 aliphatic rings. The van der Waals surface area contributed by atoms with E-state index in [2.05, 4.69) is 5.32 Å². The van der Waals surface area contributed by atoms with Gasteiger partial charge in [-0.1, -0.05) is 6.07 Å². The van der Waals surface area contributed by atoms with E-state index in [0.717, 1.165) is 5.56 Å². The summed E-state index contributed by atoms with van der Waals surface area (Å²) >= 11 is 0. The van der Waals surface area contributed by atoms with Gasteiger partial charge in [0.25, 0.3) is 0 Å². The molecule has 0 fully saturated rings. The summed E-state index contributed by atoms with van der Waals surface area (Å²) in [5.41, 5.74) is 5.99. The smallest absolute Gasteiger partial charge is 0.222 e. The molecule has 0 spiro atoms. The predicted molar refractivity (Wildman–Crippen MR) is 82.1 cm³/mol. The molecule has 3 N–H and O–H groups in total. The van der Waals surface area contributed by atoms with E-state index >= 15 is 0 Å². The molecule has 1 heterocycles. The molecule has 4 nitrogen and oxygen atoms in total. The van der Waals surface area contributed by atoms with Crippen molar-refractivity contribution >= 4 is 18.3 Å². The van der Waals surface area contributed by atoms with Crippen LogP contribution in [0, 0.1) is 5.82 Å². The number of hydrogen-bond donors (Lipinski definition) is 2. The Morgan fingerprint density at radius 1 is 1.57 bits per heavy atom. The third-order valence-electron chi connectivity index (χ3n) is 3.28. The number of benzene rings is 1. The molecule has 6 heteroatoms. The van der Waals surface area contributed by atoms with Crippen molar-refractivity contribution in [3.8, 4) is 5.75 Å². The SMILES string of the molecule is CC(N)CC(=O)NC1CC(C)(C)Oc2cc(F)ccc21.Cl. The fourth-order valence-corrected chi connectivity index (χ4v) is 2.50. The van der Waals surface area contributed by atoms with Crippen molar-refractivity contribution in [2.75, 3.05) is 0 Å². The van der Waals surface area contributed by atoms with Gasteiger partial charge in [-0.05, 0) is 26.8 Å². The van der Waals surface area contributed by atoms with E-state index in [1.807, 2.05) is 13.8 Å². The van der Waals surface area contributed by atoms with Crippen molar-refractivity contribution in [3.05, 3.63) is 29.6 Å². The van der Waals surface area contributed by atoms with Gasteiger partial charge in [-0.3, -0.25) is 4.79 Å². The lowest BCUT2D eigenvalue weighted by Crippen LogP contribution is -2.42. The fourth-order valence-electron chi connectivity index (χ4n) is 2.50. The van der Waals surface area contributed by atoms with E-state index in [4.69, 9.17) is 10.5 Å². The van der Waals surface area contributed by atoms with Gasteiger partial charge >= 0.3 is 0 Å². The van der Waals surface area contributed by atoms with E-state index < -0.39 is 5.60 Å². The molecule has 0 saturated carbocycles. The third kappa shape index (κ3) is 4.58. The van der Waals surface area contributed by atoms with Crippen LogP contribution in [0.1, 0.15) is 45.2 Å². The highest BCUT2D eigenvalue weighted by Crippen LogP contribution is 2.39. The number of fused-ring (bicyclic) bond motifs is 1. The van der Waals surface area contributed by atoms with Gasteiger partial charge in [0.05, 0.1) is 6.04 Å². The van der Waals surface area contributed by atoms with Gasteiger partial charge in [-0.25, -0.2) is 4.39 Å². The Morgan fingerprint density at radius 2 is 2.24 bits per heavy atom. The summed E-state index contributed by atoms with van der Waals surface area (Å²) in [5.74, 6) is 0.0485. The van der Waals surface area contributed by atoms with Crippen LogP contribution in [0.2, 0.25) is 0 Å². The Balaban J connectivity index is 0.00000220. The predicted octanol–water partition coefficient (Wildman–Crippen LogP) is 2.70. The van der Waals surface area contributed by atoms with Crippen molar-refractivity contribution < 1.29 is 13.9 Å². The summed E-state index contributed by atoms with van der Waals surface area (Å²) in [6, 6.07) is 4.04. The van der Waals surface area contributed by atoms with E-state index in [9.17, 15) is 9.18 Å². The number of halogens is 2. The van der Waals surface area contributed by atoms with Crippen LogP contribution >= 0.6 is 12.4 Å². The number of carbonyl (C=O) groups excluding carboxylic acids is 1. The number of rotatable bonds is 3. The van der Waals surface area contributed by atoms with Gasteiger partial charge in [0.15, 0.2) is 0 Å². The van der Waals surface area contributed by atoms with Crippen LogP contribution in [0.15, 0.2) is 18.2 Å². The van der Waals surface area contributed by atoms with Gasteiger partial charge in [-0.15, -0.1) is 12.4 Å². The highest BCUT2D eigenvalue weighted by molar-refractivity contribution is 5.85. The molecule has 0 bridgehead atoms. The Hall–Kier alpha value is -1.33. The summed E-state index contributed by atoms with van der Waals surface area (Å²) in [4.78, 5) is 11.9. The Kier molecular flexibility index (Phi) is 5.59. The lowest BCUT2D eigenvalue weighted by atomic mass is 9.89. The Labute approximate surface area is 130 Å². The van der Waals surface area contributed by atoms with Crippen molar-refractivity contribution in [2.24, 2.45) is 5.73 Å². The second-order valence-corrected chi connectivity index (χ2v) is 6.05. The minimum Gasteiger partial charge on any atom is -0.487 e. The number of ether oxygens (including phenoxy) is 1. The van der Waals surface area contributed by atoms with Crippen LogP contribution < -0.4 is 15.8 Å². The molecule has 1 aromatic rings. The van der Waals surface area contributed by atoms with Gasteiger partial charge in [-0.2, -0.15) is 0 Å². The average molecular weight is 317 g/mol. The van der Waals surface area contributed by atoms with Crippen LogP contribution in [-0.2, 0) is 4.79 Å². The molecular formula is C15H22ClFN2O2. The van der Waals surface area contributed by atoms with Crippen LogP contribution in [0.3, 0.4) is 0 Å². The minimum atomic E-state index is -0.451. The van der Waals surface area contributed by atoms with Crippen LogP contribution in [0.4, 0.5) is 4.39 Å². The van der Waals surface area contributed by atoms with Crippen molar-refractivity contribution in [3.63, 3.8) is 0 Å². The van der Waals surface area contributed by atoms with Crippen LogP contribution in [-0.4, -0.2) is 17.6 Å². The van der Waals surface area contributed by atoms with E-state index in [-0.39, 0.29) is 42.6 Å². The molecule has 0 aliphatic carbocycles. The molecule has 2 atom stereocenters. The topological polar surface area (TPSA) is 64.4 Å². The molecular weight excluding hydrogens is 295 g/mol. The Morgan fingerprint density at radius 3 is 2.86 bits per heavy atom. The first-order chi connectivity index (χ1) is 9.27. The van der Waals surface area contributed by atoms with E-state index in [1.54, 1.807) is 13.0 Å². The number of hydrogen-bond acceptors (Lipinski definition) is 3. The highest BCUT2D eigenvalue weighted by Gasteiger charge is 2.34. The Bertz CT molecular complexity index is 520. The summed E-state index contributed by atoms with van der Waals surface area (Å²) in [5, 5.41) is 2.96. The molecule has 0 saturated heterocycles. The average Bonchev–Trinajstić information content (AvgIpc) is 2.24. The third-order valence-corrected chi connectivity index (χ3v) is 3.28. The molecule has 1 amide bonds. The number of nitrogens with two attached hydrogens (primary N) is 1. The number of amides is 1. The highest BCUT2D eigenvalue weighted by atomic mass is 35.5. The lowest BCUT2D eigenvalue weighted by Gasteiger charge is -2.38. The first kappa shape index (κ1) is 17.7. The van der Waals surface area contributed by atoms with Crippen molar-refractivity contribution in [2.45, 2.75) is 51.3 Å². The molecule has 21 heavy (non-hydrogen) atoms. The van der Waals surface area contributed by atoms with E-state index in [0.29, 0.717) is 12.2 Å². The maximum Gasteiger partial charge on any atom is 0.222 e. The van der Waals surface area contributed by atoms with Gasteiger partial charge in [0, 0.05) is 30.5 Å². The second kappa shape index (κ2) is 6.62. The minimum absolute atomic E-state index is 0. The van der Waals surface area contributed by atoms with Crippen molar-refractivity contribution in [1.82, 2.24) is 5.32 Å². The summed E-state index contributed by atoms with van der Waals surface area (Å²) in [6.45, 7) is 5.63. The fraction of sp³-hybridized carbons (Fsp3) is 0.533. The molecule has 0 radical (unpaired) electrons. The summed E-state index contributed by atoms with van der Waals surface area (Å²) < 4.78 is 19.1. The summed E-state index contributed by atoms with van der Waals surface area (Å²) in [7, 11) is 0. The molecule has 2 rings (SSSR count). The van der Waals surface area contributed by atoms with E-state index in [1.165, 1.54) is 12.1 Å². The van der Waals surface area contributed by atoms with Gasteiger partial charge < -0.3 is 15.8 Å². The van der Waals surface area contributed by atoms with Crippen molar-refractivity contribution in [1.29, 1.82) is 0 Å². The molecule has 118 valence electrons. The zero-order valence-corrected chi connectivity index (χ0v) is 13.3. The second-order valence-electron chi connectivity index (χ2n) is 6.05. The molecule has 2 unspecified atom stereocenters. The van der Waals surface area contributed by atoms with Crippen LogP contribution in [0.5, 0.6) is 5.75 Å². The number of nitrogens with one attached hydrogen (secondary N) is 1. The van der Waals surface area contributed by atoms with Gasteiger partial charge in [0.2, 0.25) is 5.91 Å². The zero-order valence-electron chi connectivity index (χ0n) is 12.5. The zero-order chi connectivity index (χ0) is 14.9. The molecule has 1 aliphatic heterocycles. The maximum atomic E-state index is 13.3. The lowest BCUT2D eigenvalue weighted by molar-refractivity contribution is -0.122. The maximum absolute atomic E-state index is 13.3. The molecule has 0 aromatic heterocycles.